The number of carbonyl (C=O) groups is 1. The molecule has 0 radical (unpaired) electrons. The van der Waals surface area contributed by atoms with Crippen LogP contribution in [0, 0.1) is 0 Å². The van der Waals surface area contributed by atoms with E-state index < -0.39 is 0 Å². The number of alkyl halides is 1. The second-order valence-electron chi connectivity index (χ2n) is 2.87. The Morgan fingerprint density at radius 2 is 2.09 bits per heavy atom. The predicted molar refractivity (Wildman–Crippen MR) is 47.8 cm³/mol. The summed E-state index contributed by atoms with van der Waals surface area (Å²) in [5.74, 6) is 0.778. The van der Waals surface area contributed by atoms with Gasteiger partial charge in [0.05, 0.1) is 0 Å². The lowest BCUT2D eigenvalue weighted by atomic mass is 10.2. The zero-order valence-corrected chi connectivity index (χ0v) is 7.95. The number of halogens is 1. The molecule has 0 spiro atoms. The molecular formula is C8H16ClNO. The van der Waals surface area contributed by atoms with Gasteiger partial charge in [0.25, 0.3) is 0 Å². The predicted octanol–water partition coefficient (Wildman–Crippen LogP) is 1.92. The van der Waals surface area contributed by atoms with Crippen molar-refractivity contribution in [3.8, 4) is 0 Å². The maximum atomic E-state index is 11.0. The van der Waals surface area contributed by atoms with Crippen LogP contribution in [-0.2, 0) is 4.79 Å². The number of hydrogen-bond acceptors (Lipinski definition) is 1. The molecule has 0 saturated heterocycles. The van der Waals surface area contributed by atoms with E-state index in [1.807, 2.05) is 13.8 Å². The van der Waals surface area contributed by atoms with Gasteiger partial charge in [0.2, 0.25) is 5.91 Å². The average Bonchev–Trinajstić information content (AvgIpc) is 1.86. The first-order valence-electron chi connectivity index (χ1n) is 4.02. The maximum Gasteiger partial charge on any atom is 0.220 e. The van der Waals surface area contributed by atoms with Crippen LogP contribution in [0.3, 0.4) is 0 Å². The Balaban J connectivity index is 3.23. The third-order valence-electron chi connectivity index (χ3n) is 1.24. The third-order valence-corrected chi connectivity index (χ3v) is 1.50. The van der Waals surface area contributed by atoms with Gasteiger partial charge in [-0.1, -0.05) is 0 Å². The summed E-state index contributed by atoms with van der Waals surface area (Å²) in [4.78, 5) is 11.0. The van der Waals surface area contributed by atoms with Gasteiger partial charge in [-0.2, -0.15) is 0 Å². The molecule has 0 atom stereocenters. The molecule has 0 saturated carbocycles. The van der Waals surface area contributed by atoms with Gasteiger partial charge in [0.1, 0.15) is 0 Å². The van der Waals surface area contributed by atoms with E-state index in [1.165, 1.54) is 0 Å². The van der Waals surface area contributed by atoms with E-state index in [4.69, 9.17) is 11.6 Å². The molecule has 11 heavy (non-hydrogen) atoms. The van der Waals surface area contributed by atoms with Gasteiger partial charge in [0.15, 0.2) is 0 Å². The molecule has 0 aromatic carbocycles. The lowest BCUT2D eigenvalue weighted by Crippen LogP contribution is -2.29. The highest BCUT2D eigenvalue weighted by molar-refractivity contribution is 6.17. The van der Waals surface area contributed by atoms with Crippen molar-refractivity contribution in [1.29, 1.82) is 0 Å². The van der Waals surface area contributed by atoms with Crippen molar-refractivity contribution < 1.29 is 4.79 Å². The van der Waals surface area contributed by atoms with E-state index in [9.17, 15) is 4.79 Å². The first kappa shape index (κ1) is 10.8. The van der Waals surface area contributed by atoms with Crippen LogP contribution in [-0.4, -0.2) is 17.8 Å². The summed E-state index contributed by atoms with van der Waals surface area (Å²) in [7, 11) is 0. The average molecular weight is 178 g/mol. The molecule has 1 N–H and O–H groups in total. The fourth-order valence-electron chi connectivity index (χ4n) is 0.774. The Morgan fingerprint density at radius 3 is 2.55 bits per heavy atom. The summed E-state index contributed by atoms with van der Waals surface area (Å²) in [5.41, 5.74) is 0. The summed E-state index contributed by atoms with van der Waals surface area (Å²) in [6.45, 7) is 3.92. The van der Waals surface area contributed by atoms with Gasteiger partial charge in [-0.15, -0.1) is 11.6 Å². The minimum atomic E-state index is 0.130. The zero-order valence-electron chi connectivity index (χ0n) is 7.19. The van der Waals surface area contributed by atoms with Crippen LogP contribution < -0.4 is 5.32 Å². The smallest absolute Gasteiger partial charge is 0.220 e. The molecule has 0 aromatic rings. The van der Waals surface area contributed by atoms with Crippen LogP contribution in [0.1, 0.15) is 33.1 Å². The third kappa shape index (κ3) is 7.66. The lowest BCUT2D eigenvalue weighted by Gasteiger charge is -2.06. The van der Waals surface area contributed by atoms with Crippen LogP contribution in [0.15, 0.2) is 0 Å². The molecule has 2 nitrogen and oxygen atoms in total. The van der Waals surface area contributed by atoms with Gasteiger partial charge in [0, 0.05) is 18.3 Å². The Morgan fingerprint density at radius 1 is 1.45 bits per heavy atom. The molecule has 0 bridgehead atoms. The molecule has 1 amide bonds. The van der Waals surface area contributed by atoms with Gasteiger partial charge in [-0.25, -0.2) is 0 Å². The van der Waals surface area contributed by atoms with Crippen molar-refractivity contribution in [2.45, 2.75) is 39.2 Å². The highest BCUT2D eigenvalue weighted by Gasteiger charge is 2.01. The van der Waals surface area contributed by atoms with Gasteiger partial charge in [-0.05, 0) is 26.7 Å². The number of rotatable bonds is 5. The van der Waals surface area contributed by atoms with E-state index in [0.717, 1.165) is 12.8 Å². The topological polar surface area (TPSA) is 29.1 Å². The number of nitrogens with one attached hydrogen (secondary N) is 1. The minimum Gasteiger partial charge on any atom is -0.354 e. The van der Waals surface area contributed by atoms with E-state index in [-0.39, 0.29) is 11.9 Å². The molecular weight excluding hydrogens is 162 g/mol. The molecule has 3 heteroatoms. The molecule has 0 aliphatic heterocycles. The summed E-state index contributed by atoms with van der Waals surface area (Å²) >= 11 is 5.46. The molecule has 0 unspecified atom stereocenters. The fourth-order valence-corrected chi connectivity index (χ4v) is 0.963. The van der Waals surface area contributed by atoms with Crippen LogP contribution in [0.4, 0.5) is 0 Å². The maximum absolute atomic E-state index is 11.0. The van der Waals surface area contributed by atoms with Crippen LogP contribution in [0.5, 0.6) is 0 Å². The van der Waals surface area contributed by atoms with Gasteiger partial charge < -0.3 is 5.32 Å². The summed E-state index contributed by atoms with van der Waals surface area (Å²) < 4.78 is 0. The number of hydrogen-bond donors (Lipinski definition) is 1. The van der Waals surface area contributed by atoms with E-state index in [0.29, 0.717) is 12.3 Å². The lowest BCUT2D eigenvalue weighted by molar-refractivity contribution is -0.121. The molecule has 0 fully saturated rings. The van der Waals surface area contributed by atoms with Crippen molar-refractivity contribution in [2.75, 3.05) is 5.88 Å². The molecule has 66 valence electrons. The number of amides is 1. The molecule has 0 rings (SSSR count). The van der Waals surface area contributed by atoms with Crippen LogP contribution in [0.2, 0.25) is 0 Å². The Labute approximate surface area is 73.3 Å². The first-order chi connectivity index (χ1) is 5.16. The molecule has 0 aromatic heterocycles. The van der Waals surface area contributed by atoms with E-state index >= 15 is 0 Å². The van der Waals surface area contributed by atoms with E-state index in [1.54, 1.807) is 0 Å². The fraction of sp³-hybridized carbons (Fsp3) is 0.875. The standard InChI is InChI=1S/C8H16ClNO/c1-7(2)10-8(11)5-3-4-6-9/h7H,3-6H2,1-2H3,(H,10,11). The quantitative estimate of drug-likeness (QED) is 0.505. The summed E-state index contributed by atoms with van der Waals surface area (Å²) in [6, 6.07) is 0.249. The molecule has 0 heterocycles. The monoisotopic (exact) mass is 177 g/mol. The second kappa shape index (κ2) is 6.47. The van der Waals surface area contributed by atoms with Crippen molar-refractivity contribution >= 4 is 17.5 Å². The zero-order chi connectivity index (χ0) is 8.69. The number of carbonyl (C=O) groups excluding carboxylic acids is 1. The molecule has 0 aliphatic rings. The Bertz CT molecular complexity index is 115. The van der Waals surface area contributed by atoms with Crippen molar-refractivity contribution in [1.82, 2.24) is 5.32 Å². The Hall–Kier alpha value is -0.240. The van der Waals surface area contributed by atoms with Gasteiger partial charge in [-0.3, -0.25) is 4.79 Å². The normalized spacial score (nSPS) is 10.2. The largest absolute Gasteiger partial charge is 0.354 e. The molecule has 0 aliphatic carbocycles. The van der Waals surface area contributed by atoms with E-state index in [2.05, 4.69) is 5.32 Å². The minimum absolute atomic E-state index is 0.130. The summed E-state index contributed by atoms with van der Waals surface area (Å²) in [6.07, 6.45) is 2.42. The number of unbranched alkanes of at least 4 members (excludes halogenated alkanes) is 1. The van der Waals surface area contributed by atoms with Crippen LogP contribution >= 0.6 is 11.6 Å². The van der Waals surface area contributed by atoms with Crippen molar-refractivity contribution in [3.05, 3.63) is 0 Å². The highest BCUT2D eigenvalue weighted by atomic mass is 35.5. The summed E-state index contributed by atoms with van der Waals surface area (Å²) in [5, 5.41) is 2.82. The van der Waals surface area contributed by atoms with Crippen LogP contribution in [0.25, 0.3) is 0 Å². The Kier molecular flexibility index (Phi) is 6.33. The SMILES string of the molecule is CC(C)NC(=O)CCCCCl. The van der Waals surface area contributed by atoms with Crippen molar-refractivity contribution in [2.24, 2.45) is 0 Å². The first-order valence-corrected chi connectivity index (χ1v) is 4.55. The van der Waals surface area contributed by atoms with Crippen molar-refractivity contribution in [3.63, 3.8) is 0 Å². The highest BCUT2D eigenvalue weighted by Crippen LogP contribution is 1.97. The second-order valence-corrected chi connectivity index (χ2v) is 3.25. The van der Waals surface area contributed by atoms with Gasteiger partial charge >= 0.3 is 0 Å².